The minimum Gasteiger partial charge on any atom is -0.494 e. The topological polar surface area (TPSA) is 96.0 Å². The highest BCUT2D eigenvalue weighted by molar-refractivity contribution is 7.92. The first kappa shape index (κ1) is 28.2. The SMILES string of the molecule is CCOc1ccc(N(CC(=O)Nc2ccccc2C(=O)N2CCCCCC2)S(=O)(=O)c2ccc(C)cc2)cc1. The largest absolute Gasteiger partial charge is 0.494 e. The van der Waals surface area contributed by atoms with Crippen LogP contribution in [0.4, 0.5) is 11.4 Å². The molecule has 1 saturated heterocycles. The highest BCUT2D eigenvalue weighted by atomic mass is 32.2. The molecule has 1 heterocycles. The number of likely N-dealkylation sites (tertiary alicyclic amines) is 1. The molecule has 0 saturated carbocycles. The number of hydrogen-bond donors (Lipinski definition) is 1. The molecule has 2 amide bonds. The van der Waals surface area contributed by atoms with Gasteiger partial charge in [-0.2, -0.15) is 0 Å². The molecule has 0 spiro atoms. The number of hydrogen-bond acceptors (Lipinski definition) is 5. The van der Waals surface area contributed by atoms with Crippen molar-refractivity contribution in [2.45, 2.75) is 44.4 Å². The van der Waals surface area contributed by atoms with Gasteiger partial charge in [-0.05, 0) is 75.2 Å². The number of benzene rings is 3. The fourth-order valence-corrected chi connectivity index (χ4v) is 5.99. The van der Waals surface area contributed by atoms with Gasteiger partial charge in [0.05, 0.1) is 28.4 Å². The molecule has 4 rings (SSSR count). The fourth-order valence-electron chi connectivity index (χ4n) is 4.57. The average Bonchev–Trinajstić information content (AvgIpc) is 3.22. The maximum absolute atomic E-state index is 13.7. The van der Waals surface area contributed by atoms with E-state index in [9.17, 15) is 18.0 Å². The van der Waals surface area contributed by atoms with Crippen molar-refractivity contribution in [2.75, 3.05) is 35.9 Å². The van der Waals surface area contributed by atoms with Crippen LogP contribution >= 0.6 is 0 Å². The van der Waals surface area contributed by atoms with E-state index in [1.165, 1.54) is 12.1 Å². The van der Waals surface area contributed by atoms with E-state index < -0.39 is 22.5 Å². The molecule has 3 aromatic carbocycles. The van der Waals surface area contributed by atoms with Crippen molar-refractivity contribution < 1.29 is 22.7 Å². The van der Waals surface area contributed by atoms with E-state index in [-0.39, 0.29) is 10.8 Å². The third-order valence-corrected chi connectivity index (χ3v) is 8.44. The molecule has 0 unspecified atom stereocenters. The molecule has 0 aromatic heterocycles. The molecule has 0 radical (unpaired) electrons. The van der Waals surface area contributed by atoms with Crippen LogP contribution in [0.2, 0.25) is 0 Å². The second-order valence-electron chi connectivity index (χ2n) is 9.55. The Hall–Kier alpha value is -3.85. The van der Waals surface area contributed by atoms with E-state index in [2.05, 4.69) is 5.32 Å². The molecule has 0 aliphatic carbocycles. The molecule has 1 N–H and O–H groups in total. The molecule has 8 nitrogen and oxygen atoms in total. The minimum atomic E-state index is -4.07. The number of sulfonamides is 1. The van der Waals surface area contributed by atoms with E-state index in [4.69, 9.17) is 4.74 Å². The average molecular weight is 550 g/mol. The summed E-state index contributed by atoms with van der Waals surface area (Å²) in [5.74, 6) is -0.0986. The number of ether oxygens (including phenoxy) is 1. The molecule has 1 aliphatic heterocycles. The Morgan fingerprint density at radius 2 is 1.54 bits per heavy atom. The normalized spacial score (nSPS) is 13.8. The van der Waals surface area contributed by atoms with Crippen molar-refractivity contribution in [1.82, 2.24) is 4.90 Å². The molecule has 39 heavy (non-hydrogen) atoms. The number of nitrogens with zero attached hydrogens (tertiary/aromatic N) is 2. The lowest BCUT2D eigenvalue weighted by atomic mass is 10.1. The first-order valence-electron chi connectivity index (χ1n) is 13.3. The van der Waals surface area contributed by atoms with Crippen LogP contribution in [0, 0.1) is 6.92 Å². The minimum absolute atomic E-state index is 0.0755. The quantitative estimate of drug-likeness (QED) is 0.394. The molecule has 3 aromatic rings. The van der Waals surface area contributed by atoms with Crippen LogP contribution in [0.5, 0.6) is 5.75 Å². The van der Waals surface area contributed by atoms with Gasteiger partial charge in [-0.15, -0.1) is 0 Å². The Balaban J connectivity index is 1.61. The summed E-state index contributed by atoms with van der Waals surface area (Å²) >= 11 is 0. The van der Waals surface area contributed by atoms with Crippen molar-refractivity contribution in [1.29, 1.82) is 0 Å². The van der Waals surface area contributed by atoms with Crippen LogP contribution in [-0.4, -0.2) is 51.4 Å². The lowest BCUT2D eigenvalue weighted by Crippen LogP contribution is -2.38. The number of rotatable bonds is 9. The zero-order chi connectivity index (χ0) is 27.8. The van der Waals surface area contributed by atoms with Crippen LogP contribution in [0.15, 0.2) is 77.7 Å². The van der Waals surface area contributed by atoms with Crippen LogP contribution in [0.3, 0.4) is 0 Å². The molecule has 0 bridgehead atoms. The highest BCUT2D eigenvalue weighted by Gasteiger charge is 2.28. The number of carbonyl (C=O) groups is 2. The van der Waals surface area contributed by atoms with Gasteiger partial charge in [0.15, 0.2) is 0 Å². The summed E-state index contributed by atoms with van der Waals surface area (Å²) in [5, 5.41) is 2.79. The first-order chi connectivity index (χ1) is 18.8. The lowest BCUT2D eigenvalue weighted by Gasteiger charge is -2.25. The van der Waals surface area contributed by atoms with Crippen LogP contribution < -0.4 is 14.4 Å². The van der Waals surface area contributed by atoms with Gasteiger partial charge in [0.1, 0.15) is 12.3 Å². The molecule has 206 valence electrons. The van der Waals surface area contributed by atoms with Crippen molar-refractivity contribution in [3.8, 4) is 5.75 Å². The van der Waals surface area contributed by atoms with Gasteiger partial charge in [0.2, 0.25) is 5.91 Å². The lowest BCUT2D eigenvalue weighted by molar-refractivity contribution is -0.114. The summed E-state index contributed by atoms with van der Waals surface area (Å²) in [6.07, 6.45) is 4.10. The summed E-state index contributed by atoms with van der Waals surface area (Å²) in [4.78, 5) is 28.5. The van der Waals surface area contributed by atoms with E-state index >= 15 is 0 Å². The van der Waals surface area contributed by atoms with Crippen LogP contribution in [-0.2, 0) is 14.8 Å². The Morgan fingerprint density at radius 1 is 0.897 bits per heavy atom. The Bertz CT molecular complexity index is 1380. The molecule has 0 atom stereocenters. The summed E-state index contributed by atoms with van der Waals surface area (Å²) < 4.78 is 34.0. The monoisotopic (exact) mass is 549 g/mol. The van der Waals surface area contributed by atoms with Crippen LogP contribution in [0.25, 0.3) is 0 Å². The number of nitrogens with one attached hydrogen (secondary N) is 1. The summed E-state index contributed by atoms with van der Waals surface area (Å²) in [6.45, 7) is 5.10. The highest BCUT2D eigenvalue weighted by Crippen LogP contribution is 2.27. The van der Waals surface area contributed by atoms with Gasteiger partial charge in [-0.25, -0.2) is 8.42 Å². The molecular weight excluding hydrogens is 514 g/mol. The number of carbonyl (C=O) groups excluding carboxylic acids is 2. The third-order valence-electron chi connectivity index (χ3n) is 6.66. The van der Waals surface area contributed by atoms with E-state index in [0.29, 0.717) is 42.4 Å². The van der Waals surface area contributed by atoms with Crippen LogP contribution in [0.1, 0.15) is 48.5 Å². The van der Waals surface area contributed by atoms with E-state index in [1.54, 1.807) is 60.7 Å². The predicted molar refractivity (Wildman–Crippen MR) is 153 cm³/mol. The number of para-hydroxylation sites is 1. The molecule has 1 fully saturated rings. The van der Waals surface area contributed by atoms with Gasteiger partial charge < -0.3 is 15.0 Å². The van der Waals surface area contributed by atoms with Gasteiger partial charge in [-0.3, -0.25) is 13.9 Å². The molecule has 1 aliphatic rings. The summed E-state index contributed by atoms with van der Waals surface area (Å²) in [7, 11) is -4.07. The maximum Gasteiger partial charge on any atom is 0.264 e. The van der Waals surface area contributed by atoms with Gasteiger partial charge in [0.25, 0.3) is 15.9 Å². The summed E-state index contributed by atoms with van der Waals surface area (Å²) in [5.41, 5.74) is 1.99. The van der Waals surface area contributed by atoms with Crippen molar-refractivity contribution in [2.24, 2.45) is 0 Å². The second kappa shape index (κ2) is 12.8. The van der Waals surface area contributed by atoms with E-state index in [1.807, 2.05) is 18.7 Å². The first-order valence-corrected chi connectivity index (χ1v) is 14.7. The smallest absolute Gasteiger partial charge is 0.264 e. The molecule has 9 heteroatoms. The Morgan fingerprint density at radius 3 is 2.18 bits per heavy atom. The fraction of sp³-hybridized carbons (Fsp3) is 0.333. The summed E-state index contributed by atoms with van der Waals surface area (Å²) in [6, 6.07) is 19.9. The van der Waals surface area contributed by atoms with Crippen molar-refractivity contribution in [3.63, 3.8) is 0 Å². The van der Waals surface area contributed by atoms with Gasteiger partial charge >= 0.3 is 0 Å². The Labute approximate surface area is 230 Å². The number of anilines is 2. The zero-order valence-electron chi connectivity index (χ0n) is 22.4. The second-order valence-corrected chi connectivity index (χ2v) is 11.4. The maximum atomic E-state index is 13.7. The van der Waals surface area contributed by atoms with Gasteiger partial charge in [0, 0.05) is 13.1 Å². The molecular formula is C30H35N3O5S. The Kier molecular flexibility index (Phi) is 9.24. The third kappa shape index (κ3) is 6.97. The standard InChI is InChI=1S/C30H35N3O5S/c1-3-38-25-16-14-24(15-17-25)33(39(36,37)26-18-12-23(2)13-19-26)22-29(34)31-28-11-7-6-10-27(28)30(35)32-20-8-4-5-9-21-32/h6-7,10-19H,3-5,8-9,20-22H2,1-2H3,(H,31,34). The van der Waals surface area contributed by atoms with Crippen molar-refractivity contribution in [3.05, 3.63) is 83.9 Å². The van der Waals surface area contributed by atoms with E-state index in [0.717, 1.165) is 35.6 Å². The predicted octanol–water partition coefficient (Wildman–Crippen LogP) is 5.24. The number of aryl methyl sites for hydroxylation is 1. The number of amides is 2. The van der Waals surface area contributed by atoms with Gasteiger partial charge in [-0.1, -0.05) is 42.7 Å². The van der Waals surface area contributed by atoms with Crippen molar-refractivity contribution >= 4 is 33.2 Å². The zero-order valence-corrected chi connectivity index (χ0v) is 23.2.